The Morgan fingerprint density at radius 2 is 1.67 bits per heavy atom. The number of amides is 3. The molecule has 5 rings (SSSR count). The molecule has 2 aromatic rings. The summed E-state index contributed by atoms with van der Waals surface area (Å²) >= 11 is 0. The third-order valence-electron chi connectivity index (χ3n) is 8.54. The second kappa shape index (κ2) is 14.3. The molecule has 2 aliphatic heterocycles. The molecule has 0 bridgehead atoms. The predicted molar refractivity (Wildman–Crippen MR) is 157 cm³/mol. The molecule has 2 fully saturated rings. The van der Waals surface area contributed by atoms with Gasteiger partial charge in [0.2, 0.25) is 24.4 Å². The Hall–Kier alpha value is -4.21. The molecule has 2 aromatic carbocycles. The quantitative estimate of drug-likeness (QED) is 0.255. The van der Waals surface area contributed by atoms with Gasteiger partial charge >= 0.3 is 0 Å². The SMILES string of the molecule is O=C(NC1CCCCC1)C(=O)[C@H](C[C@@H]1CCCNC1=O)NC(=O)[C@@H](CC(=O)c1ccc2c(c1)OCO2)Cc1ccccc1. The molecule has 43 heavy (non-hydrogen) atoms. The van der Waals surface area contributed by atoms with E-state index in [9.17, 15) is 24.0 Å². The van der Waals surface area contributed by atoms with Gasteiger partial charge in [-0.25, -0.2) is 0 Å². The number of hydrogen-bond donors (Lipinski definition) is 3. The Morgan fingerprint density at radius 3 is 2.44 bits per heavy atom. The Kier molecular flexibility index (Phi) is 10.1. The van der Waals surface area contributed by atoms with E-state index in [4.69, 9.17) is 9.47 Å². The van der Waals surface area contributed by atoms with Crippen molar-refractivity contribution in [1.82, 2.24) is 16.0 Å². The molecule has 0 aromatic heterocycles. The molecular weight excluding hydrogens is 550 g/mol. The van der Waals surface area contributed by atoms with Crippen LogP contribution >= 0.6 is 0 Å². The van der Waals surface area contributed by atoms with Gasteiger partial charge in [-0.05, 0) is 62.3 Å². The Balaban J connectivity index is 1.34. The van der Waals surface area contributed by atoms with Crippen molar-refractivity contribution in [2.75, 3.05) is 13.3 Å². The molecule has 0 radical (unpaired) electrons. The lowest BCUT2D eigenvalue weighted by atomic mass is 9.88. The van der Waals surface area contributed by atoms with Gasteiger partial charge in [-0.15, -0.1) is 0 Å². The van der Waals surface area contributed by atoms with E-state index >= 15 is 0 Å². The first-order valence-electron chi connectivity index (χ1n) is 15.3. The first-order chi connectivity index (χ1) is 20.9. The minimum Gasteiger partial charge on any atom is -0.454 e. The summed E-state index contributed by atoms with van der Waals surface area (Å²) in [7, 11) is 0. The minimum absolute atomic E-state index is 0.0165. The molecule has 0 spiro atoms. The van der Waals surface area contributed by atoms with E-state index in [0.29, 0.717) is 30.0 Å². The average Bonchev–Trinajstić information content (AvgIpc) is 3.50. The minimum atomic E-state index is -1.19. The number of rotatable bonds is 12. The van der Waals surface area contributed by atoms with Crippen molar-refractivity contribution in [3.05, 3.63) is 59.7 Å². The van der Waals surface area contributed by atoms with Crippen LogP contribution in [0, 0.1) is 11.8 Å². The summed E-state index contributed by atoms with van der Waals surface area (Å²) in [6.07, 6.45) is 6.14. The van der Waals surface area contributed by atoms with Gasteiger partial charge in [-0.2, -0.15) is 0 Å². The normalized spacial score (nSPS) is 19.5. The third kappa shape index (κ3) is 8.00. The van der Waals surface area contributed by atoms with Gasteiger partial charge < -0.3 is 25.4 Å². The third-order valence-corrected chi connectivity index (χ3v) is 8.54. The first-order valence-corrected chi connectivity index (χ1v) is 15.3. The fourth-order valence-electron chi connectivity index (χ4n) is 6.10. The number of Topliss-reactive ketones (excluding diaryl/α,β-unsaturated/α-hetero) is 2. The van der Waals surface area contributed by atoms with Crippen molar-refractivity contribution in [3.63, 3.8) is 0 Å². The number of carbonyl (C=O) groups excluding carboxylic acids is 5. The lowest BCUT2D eigenvalue weighted by Crippen LogP contribution is -2.53. The summed E-state index contributed by atoms with van der Waals surface area (Å²) in [5.41, 5.74) is 1.24. The van der Waals surface area contributed by atoms with Crippen LogP contribution in [0.4, 0.5) is 0 Å². The standard InChI is InChI=1S/C33H39N3O7/c37-27(22-13-14-28-29(19-22)43-20-42-28)18-24(16-21-8-3-1-4-9-21)32(40)36-26(17-23-10-7-15-34-31(23)39)30(38)33(41)35-25-11-5-2-6-12-25/h1,3-4,8-9,13-14,19,23-26H,2,5-7,10-12,15-18,20H2,(H,34,39)(H,35,41)(H,36,40)/t23-,24+,26-/m0/s1. The number of benzene rings is 2. The van der Waals surface area contributed by atoms with Crippen molar-refractivity contribution >= 4 is 29.3 Å². The Morgan fingerprint density at radius 1 is 0.907 bits per heavy atom. The monoisotopic (exact) mass is 589 g/mol. The van der Waals surface area contributed by atoms with Gasteiger partial charge in [-0.1, -0.05) is 49.6 Å². The number of ether oxygens (including phenoxy) is 2. The topological polar surface area (TPSA) is 140 Å². The van der Waals surface area contributed by atoms with E-state index in [1.807, 2.05) is 30.3 Å². The van der Waals surface area contributed by atoms with E-state index in [1.54, 1.807) is 18.2 Å². The van der Waals surface area contributed by atoms with Crippen LogP contribution in [0.5, 0.6) is 11.5 Å². The highest BCUT2D eigenvalue weighted by Crippen LogP contribution is 2.33. The highest BCUT2D eigenvalue weighted by Gasteiger charge is 2.36. The molecule has 1 saturated carbocycles. The van der Waals surface area contributed by atoms with E-state index in [1.165, 1.54) is 0 Å². The van der Waals surface area contributed by atoms with Gasteiger partial charge in [0.05, 0.1) is 6.04 Å². The molecule has 2 heterocycles. The summed E-state index contributed by atoms with van der Waals surface area (Å²) in [5, 5.41) is 8.46. The van der Waals surface area contributed by atoms with Crippen LogP contribution < -0.4 is 25.4 Å². The van der Waals surface area contributed by atoms with Crippen LogP contribution in [0.25, 0.3) is 0 Å². The lowest BCUT2D eigenvalue weighted by Gasteiger charge is -2.28. The average molecular weight is 590 g/mol. The van der Waals surface area contributed by atoms with Gasteiger partial charge in [0.25, 0.3) is 5.91 Å². The molecule has 10 nitrogen and oxygen atoms in total. The fraction of sp³-hybridized carbons (Fsp3) is 0.485. The summed E-state index contributed by atoms with van der Waals surface area (Å²) < 4.78 is 10.8. The number of piperidine rings is 1. The van der Waals surface area contributed by atoms with Crippen LogP contribution in [-0.2, 0) is 25.6 Å². The van der Waals surface area contributed by atoms with E-state index in [-0.39, 0.29) is 43.8 Å². The van der Waals surface area contributed by atoms with Crippen molar-refractivity contribution in [1.29, 1.82) is 0 Å². The number of fused-ring (bicyclic) bond motifs is 1. The van der Waals surface area contributed by atoms with Crippen molar-refractivity contribution < 1.29 is 33.4 Å². The molecule has 3 aliphatic rings. The van der Waals surface area contributed by atoms with Crippen LogP contribution in [-0.4, -0.2) is 54.7 Å². The molecule has 1 aliphatic carbocycles. The fourth-order valence-corrected chi connectivity index (χ4v) is 6.10. The van der Waals surface area contributed by atoms with Crippen LogP contribution in [0.15, 0.2) is 48.5 Å². The number of ketones is 2. The van der Waals surface area contributed by atoms with Gasteiger partial charge in [-0.3, -0.25) is 24.0 Å². The largest absolute Gasteiger partial charge is 0.454 e. The van der Waals surface area contributed by atoms with Crippen molar-refractivity contribution in [2.45, 2.75) is 76.3 Å². The number of carbonyl (C=O) groups is 5. The van der Waals surface area contributed by atoms with Gasteiger partial charge in [0.1, 0.15) is 0 Å². The highest BCUT2D eigenvalue weighted by molar-refractivity contribution is 6.38. The van der Waals surface area contributed by atoms with Gasteiger partial charge in [0.15, 0.2) is 17.3 Å². The summed E-state index contributed by atoms with van der Waals surface area (Å²) in [6, 6.07) is 13.0. The summed E-state index contributed by atoms with van der Waals surface area (Å²) in [6.45, 7) is 0.637. The van der Waals surface area contributed by atoms with E-state index in [0.717, 1.165) is 44.1 Å². The maximum atomic E-state index is 13.9. The molecule has 10 heteroatoms. The number of hydrogen-bond acceptors (Lipinski definition) is 7. The molecule has 0 unspecified atom stereocenters. The first kappa shape index (κ1) is 30.3. The smallest absolute Gasteiger partial charge is 0.289 e. The molecule has 3 amide bonds. The molecule has 3 atom stereocenters. The Bertz CT molecular complexity index is 1340. The molecule has 1 saturated heterocycles. The Labute approximate surface area is 251 Å². The zero-order valence-corrected chi connectivity index (χ0v) is 24.3. The zero-order chi connectivity index (χ0) is 30.2. The van der Waals surface area contributed by atoms with Crippen LogP contribution in [0.3, 0.4) is 0 Å². The predicted octanol–water partition coefficient (Wildman–Crippen LogP) is 3.27. The zero-order valence-electron chi connectivity index (χ0n) is 24.3. The highest BCUT2D eigenvalue weighted by atomic mass is 16.7. The van der Waals surface area contributed by atoms with Crippen molar-refractivity contribution in [2.24, 2.45) is 11.8 Å². The maximum absolute atomic E-state index is 13.9. The second-order valence-electron chi connectivity index (χ2n) is 11.7. The van der Waals surface area contributed by atoms with E-state index < -0.39 is 35.5 Å². The summed E-state index contributed by atoms with van der Waals surface area (Å²) in [5.74, 6) is -2.79. The van der Waals surface area contributed by atoms with E-state index in [2.05, 4.69) is 16.0 Å². The van der Waals surface area contributed by atoms with Crippen LogP contribution in [0.1, 0.15) is 73.7 Å². The lowest BCUT2D eigenvalue weighted by molar-refractivity contribution is -0.141. The second-order valence-corrected chi connectivity index (χ2v) is 11.7. The van der Waals surface area contributed by atoms with Gasteiger partial charge in [0, 0.05) is 36.4 Å². The maximum Gasteiger partial charge on any atom is 0.289 e. The summed E-state index contributed by atoms with van der Waals surface area (Å²) in [4.78, 5) is 66.4. The van der Waals surface area contributed by atoms with Crippen molar-refractivity contribution in [3.8, 4) is 11.5 Å². The molecule has 228 valence electrons. The number of nitrogens with one attached hydrogen (secondary N) is 3. The molecule has 3 N–H and O–H groups in total. The van der Waals surface area contributed by atoms with Crippen LogP contribution in [0.2, 0.25) is 0 Å². The molecular formula is C33H39N3O7.